The van der Waals surface area contributed by atoms with Crippen LogP contribution in [-0.2, 0) is 19.3 Å². The Kier molecular flexibility index (Phi) is 7.69. The standard InChI is InChI=1S/C19H28ClFO4S/c1-8-14(20)18(17(12(2)3)25-13(4)19(5,6)7)26(22,23)16-9-10-24-11-15(16)21/h8,15-16H,2,4,9-11H2,1,3,5-7H3/b14-8?,18-17-. The number of allylic oxidation sites excluding steroid dienone is 4. The lowest BCUT2D eigenvalue weighted by Crippen LogP contribution is -2.40. The van der Waals surface area contributed by atoms with Gasteiger partial charge in [0.2, 0.25) is 0 Å². The molecule has 1 aliphatic rings. The first kappa shape index (κ1) is 22.9. The minimum Gasteiger partial charge on any atom is -0.460 e. The Bertz CT molecular complexity index is 729. The maximum Gasteiger partial charge on any atom is 0.189 e. The van der Waals surface area contributed by atoms with Gasteiger partial charge in [0.1, 0.15) is 27.8 Å². The largest absolute Gasteiger partial charge is 0.460 e. The van der Waals surface area contributed by atoms with Crippen molar-refractivity contribution in [3.05, 3.63) is 46.3 Å². The van der Waals surface area contributed by atoms with Crippen LogP contribution in [-0.4, -0.2) is 33.1 Å². The molecule has 2 atom stereocenters. The first-order valence-corrected chi connectivity index (χ1v) is 10.3. The van der Waals surface area contributed by atoms with Crippen LogP contribution in [0.1, 0.15) is 41.0 Å². The zero-order valence-corrected chi connectivity index (χ0v) is 17.6. The van der Waals surface area contributed by atoms with E-state index in [4.69, 9.17) is 21.1 Å². The summed E-state index contributed by atoms with van der Waals surface area (Å²) in [5.41, 5.74) is -0.0735. The van der Waals surface area contributed by atoms with Gasteiger partial charge >= 0.3 is 0 Å². The average Bonchev–Trinajstić information content (AvgIpc) is 2.52. The van der Waals surface area contributed by atoms with Crippen molar-refractivity contribution in [1.82, 2.24) is 0 Å². The van der Waals surface area contributed by atoms with E-state index in [9.17, 15) is 12.8 Å². The third kappa shape index (κ3) is 5.21. The molecule has 0 saturated carbocycles. The van der Waals surface area contributed by atoms with Crippen LogP contribution in [0.15, 0.2) is 46.3 Å². The van der Waals surface area contributed by atoms with Crippen LogP contribution < -0.4 is 0 Å². The molecule has 0 aromatic carbocycles. The van der Waals surface area contributed by atoms with Crippen molar-refractivity contribution in [1.29, 1.82) is 0 Å². The molecule has 0 N–H and O–H groups in total. The molecule has 0 bridgehead atoms. The minimum absolute atomic E-state index is 0.00767. The normalized spacial score (nSPS) is 23.3. The van der Waals surface area contributed by atoms with Gasteiger partial charge in [0.15, 0.2) is 9.84 Å². The zero-order valence-electron chi connectivity index (χ0n) is 16.1. The van der Waals surface area contributed by atoms with Crippen molar-refractivity contribution in [3.63, 3.8) is 0 Å². The smallest absolute Gasteiger partial charge is 0.189 e. The summed E-state index contributed by atoms with van der Waals surface area (Å²) in [6.45, 7) is 16.5. The number of ether oxygens (including phenoxy) is 2. The maximum atomic E-state index is 14.3. The summed E-state index contributed by atoms with van der Waals surface area (Å²) in [7, 11) is -4.12. The van der Waals surface area contributed by atoms with Gasteiger partial charge in [-0.15, -0.1) is 0 Å². The average molecular weight is 407 g/mol. The molecule has 26 heavy (non-hydrogen) atoms. The lowest BCUT2D eigenvalue weighted by atomic mass is 9.95. The molecular weight excluding hydrogens is 379 g/mol. The van der Waals surface area contributed by atoms with Crippen molar-refractivity contribution in [2.24, 2.45) is 5.41 Å². The molecule has 4 nitrogen and oxygen atoms in total. The van der Waals surface area contributed by atoms with Crippen LogP contribution in [0.3, 0.4) is 0 Å². The fourth-order valence-corrected chi connectivity index (χ4v) is 4.74. The van der Waals surface area contributed by atoms with Gasteiger partial charge in [-0.3, -0.25) is 0 Å². The third-order valence-corrected chi connectivity index (χ3v) is 6.86. The minimum atomic E-state index is -4.12. The van der Waals surface area contributed by atoms with Crippen molar-refractivity contribution in [2.45, 2.75) is 52.5 Å². The zero-order chi connectivity index (χ0) is 20.3. The Morgan fingerprint density at radius 2 is 1.92 bits per heavy atom. The molecule has 0 aromatic heterocycles. The molecule has 1 saturated heterocycles. The summed E-state index contributed by atoms with van der Waals surface area (Å²) in [6.07, 6.45) is -0.153. The molecule has 1 aliphatic heterocycles. The summed E-state index contributed by atoms with van der Waals surface area (Å²) in [5.74, 6) is 0.347. The second-order valence-corrected chi connectivity index (χ2v) is 9.82. The van der Waals surface area contributed by atoms with E-state index in [-0.39, 0.29) is 35.3 Å². The Balaban J connectivity index is 3.60. The van der Waals surface area contributed by atoms with Gasteiger partial charge in [-0.1, -0.05) is 51.6 Å². The van der Waals surface area contributed by atoms with Gasteiger partial charge in [0, 0.05) is 12.0 Å². The number of hydrogen-bond acceptors (Lipinski definition) is 4. The van der Waals surface area contributed by atoms with E-state index in [1.807, 2.05) is 20.8 Å². The molecule has 0 amide bonds. The highest BCUT2D eigenvalue weighted by molar-refractivity contribution is 7.96. The van der Waals surface area contributed by atoms with Crippen LogP contribution in [0.4, 0.5) is 4.39 Å². The monoisotopic (exact) mass is 406 g/mol. The van der Waals surface area contributed by atoms with Crippen molar-refractivity contribution >= 4 is 21.4 Å². The van der Waals surface area contributed by atoms with E-state index in [2.05, 4.69) is 13.2 Å². The number of halogens is 2. The van der Waals surface area contributed by atoms with Gasteiger partial charge in [-0.2, -0.15) is 0 Å². The van der Waals surface area contributed by atoms with E-state index in [0.29, 0.717) is 11.3 Å². The number of sulfone groups is 1. The van der Waals surface area contributed by atoms with Crippen molar-refractivity contribution in [3.8, 4) is 0 Å². The third-order valence-electron chi connectivity index (χ3n) is 4.04. The Labute approximate surface area is 161 Å². The molecule has 1 heterocycles. The molecular formula is C19H28ClFO4S. The topological polar surface area (TPSA) is 52.6 Å². The molecule has 0 spiro atoms. The van der Waals surface area contributed by atoms with E-state index in [1.54, 1.807) is 13.8 Å². The summed E-state index contributed by atoms with van der Waals surface area (Å²) < 4.78 is 51.6. The SMILES string of the molecule is C=C(C)/C(OC(=C)C(C)(C)C)=C(\C(Cl)=CC)S(=O)(=O)C1CCOCC1F. The summed E-state index contributed by atoms with van der Waals surface area (Å²) >= 11 is 6.24. The fourth-order valence-electron chi connectivity index (χ4n) is 2.29. The highest BCUT2D eigenvalue weighted by Crippen LogP contribution is 2.37. The van der Waals surface area contributed by atoms with E-state index in [0.717, 1.165) is 0 Å². The lowest BCUT2D eigenvalue weighted by molar-refractivity contribution is 0.0392. The van der Waals surface area contributed by atoms with E-state index >= 15 is 0 Å². The lowest BCUT2D eigenvalue weighted by Gasteiger charge is -2.29. The molecule has 0 aromatic rings. The highest BCUT2D eigenvalue weighted by Gasteiger charge is 2.41. The van der Waals surface area contributed by atoms with E-state index < -0.39 is 26.7 Å². The number of hydrogen-bond donors (Lipinski definition) is 0. The Morgan fingerprint density at radius 3 is 2.35 bits per heavy atom. The molecule has 148 valence electrons. The Hall–Kier alpha value is -1.11. The molecule has 0 radical (unpaired) electrons. The van der Waals surface area contributed by atoms with Gasteiger partial charge in [-0.25, -0.2) is 12.8 Å². The van der Waals surface area contributed by atoms with Gasteiger partial charge in [0.25, 0.3) is 0 Å². The molecule has 1 rings (SSSR count). The quantitative estimate of drug-likeness (QED) is 0.458. The summed E-state index contributed by atoms with van der Waals surface area (Å²) in [5, 5.41) is -1.29. The van der Waals surface area contributed by atoms with Gasteiger partial charge in [-0.05, 0) is 25.8 Å². The summed E-state index contributed by atoms with van der Waals surface area (Å²) in [6, 6.07) is 0. The van der Waals surface area contributed by atoms with Gasteiger partial charge in [0.05, 0.1) is 11.6 Å². The maximum absolute atomic E-state index is 14.3. The number of alkyl halides is 1. The predicted molar refractivity (Wildman–Crippen MR) is 104 cm³/mol. The van der Waals surface area contributed by atoms with E-state index in [1.165, 1.54) is 6.08 Å². The van der Waals surface area contributed by atoms with Crippen molar-refractivity contribution in [2.75, 3.05) is 13.2 Å². The molecule has 1 fully saturated rings. The highest BCUT2D eigenvalue weighted by atomic mass is 35.5. The van der Waals surface area contributed by atoms with Crippen LogP contribution in [0.25, 0.3) is 0 Å². The van der Waals surface area contributed by atoms with Crippen LogP contribution in [0, 0.1) is 5.41 Å². The van der Waals surface area contributed by atoms with Gasteiger partial charge < -0.3 is 9.47 Å². The summed E-state index contributed by atoms with van der Waals surface area (Å²) in [4.78, 5) is -0.255. The Morgan fingerprint density at radius 1 is 1.35 bits per heavy atom. The molecule has 0 aliphatic carbocycles. The first-order chi connectivity index (χ1) is 11.8. The fraction of sp³-hybridized carbons (Fsp3) is 0.579. The van der Waals surface area contributed by atoms with Crippen LogP contribution in [0.5, 0.6) is 0 Å². The predicted octanol–water partition coefficient (Wildman–Crippen LogP) is 5.03. The number of rotatable bonds is 6. The van der Waals surface area contributed by atoms with Crippen molar-refractivity contribution < 1.29 is 22.3 Å². The molecule has 7 heteroatoms. The van der Waals surface area contributed by atoms with Crippen LogP contribution >= 0.6 is 11.6 Å². The van der Waals surface area contributed by atoms with Crippen LogP contribution in [0.2, 0.25) is 0 Å². The first-order valence-electron chi connectivity index (χ1n) is 8.39. The second kappa shape index (κ2) is 8.72. The second-order valence-electron chi connectivity index (χ2n) is 7.31. The molecule has 2 unspecified atom stereocenters.